The number of hydrogen-bond acceptors (Lipinski definition) is 2. The normalized spacial score (nSPS) is 12.3. The van der Waals surface area contributed by atoms with Gasteiger partial charge in [-0.1, -0.05) is 47.8 Å². The molecule has 0 saturated heterocycles. The summed E-state index contributed by atoms with van der Waals surface area (Å²) in [5, 5.41) is 0. The molecule has 0 spiro atoms. The summed E-state index contributed by atoms with van der Waals surface area (Å²) in [6.07, 6.45) is 0. The lowest BCUT2D eigenvalue weighted by molar-refractivity contribution is 0.404. The van der Waals surface area contributed by atoms with Gasteiger partial charge in [-0.05, 0) is 54.8 Å². The summed E-state index contributed by atoms with van der Waals surface area (Å²) in [6.45, 7) is 4.07. The molecule has 0 heterocycles. The third-order valence-corrected chi connectivity index (χ3v) is 5.56. The Morgan fingerprint density at radius 3 is 2.33 bits per heavy atom. The number of halogens is 3. The molecule has 0 fully saturated rings. The predicted octanol–water partition coefficient (Wildman–Crippen LogP) is 5.65. The van der Waals surface area contributed by atoms with Gasteiger partial charge in [0.1, 0.15) is 5.75 Å². The van der Waals surface area contributed by atoms with E-state index < -0.39 is 0 Å². The van der Waals surface area contributed by atoms with Crippen molar-refractivity contribution in [2.75, 3.05) is 7.11 Å². The number of ether oxygens (including phenoxy) is 1. The molecule has 2 nitrogen and oxygen atoms in total. The van der Waals surface area contributed by atoms with Gasteiger partial charge in [0.15, 0.2) is 0 Å². The monoisotopic (exact) mass is 475 g/mol. The molecule has 0 amide bonds. The molecule has 0 aliphatic heterocycles. The highest BCUT2D eigenvalue weighted by Crippen LogP contribution is 2.40. The minimum atomic E-state index is -0.275. The topological polar surface area (TPSA) is 35.2 Å². The van der Waals surface area contributed by atoms with Gasteiger partial charge in [0.25, 0.3) is 0 Å². The van der Waals surface area contributed by atoms with Crippen molar-refractivity contribution in [3.05, 3.63) is 59.9 Å². The second-order valence-electron chi connectivity index (χ2n) is 4.89. The Morgan fingerprint density at radius 2 is 1.71 bits per heavy atom. The van der Waals surface area contributed by atoms with Gasteiger partial charge in [0.2, 0.25) is 0 Å². The van der Waals surface area contributed by atoms with E-state index in [2.05, 4.69) is 53.9 Å². The maximum atomic E-state index is 6.55. The molecule has 2 aromatic rings. The molecule has 1 unspecified atom stereocenters. The van der Waals surface area contributed by atoms with Crippen molar-refractivity contribution in [1.82, 2.24) is 0 Å². The number of benzene rings is 2. The fraction of sp³-hybridized carbons (Fsp3) is 0.250. The Balaban J connectivity index is 2.68. The summed E-state index contributed by atoms with van der Waals surface area (Å²) in [4.78, 5) is 0. The van der Waals surface area contributed by atoms with Crippen LogP contribution in [0.25, 0.3) is 0 Å². The van der Waals surface area contributed by atoms with Crippen LogP contribution in [-0.4, -0.2) is 7.11 Å². The first-order valence-electron chi connectivity index (χ1n) is 6.41. The molecule has 21 heavy (non-hydrogen) atoms. The van der Waals surface area contributed by atoms with Gasteiger partial charge in [0, 0.05) is 19.0 Å². The van der Waals surface area contributed by atoms with E-state index in [0.29, 0.717) is 0 Å². The number of methoxy groups -OCH3 is 1. The largest absolute Gasteiger partial charge is 0.496 e. The van der Waals surface area contributed by atoms with Crippen molar-refractivity contribution < 1.29 is 4.74 Å². The molecule has 0 aromatic heterocycles. The van der Waals surface area contributed by atoms with Gasteiger partial charge in [-0.15, -0.1) is 0 Å². The molecule has 2 N–H and O–H groups in total. The van der Waals surface area contributed by atoms with Crippen molar-refractivity contribution in [3.8, 4) is 5.75 Å². The summed E-state index contributed by atoms with van der Waals surface area (Å²) in [5.41, 5.74) is 10.7. The van der Waals surface area contributed by atoms with E-state index in [4.69, 9.17) is 10.5 Å². The molecular formula is C16H16Br3NO. The lowest BCUT2D eigenvalue weighted by atomic mass is 9.93. The van der Waals surface area contributed by atoms with Crippen LogP contribution < -0.4 is 10.5 Å². The van der Waals surface area contributed by atoms with Crippen molar-refractivity contribution >= 4 is 47.8 Å². The van der Waals surface area contributed by atoms with Gasteiger partial charge >= 0.3 is 0 Å². The Bertz CT molecular complexity index is 686. The van der Waals surface area contributed by atoms with E-state index in [-0.39, 0.29) is 6.04 Å². The van der Waals surface area contributed by atoms with Crippen LogP contribution in [0.5, 0.6) is 5.75 Å². The van der Waals surface area contributed by atoms with Gasteiger partial charge in [-0.2, -0.15) is 0 Å². The molecule has 2 aromatic carbocycles. The predicted molar refractivity (Wildman–Crippen MR) is 98.0 cm³/mol. The standard InChI is InChI=1S/C16H16Br3NO/c1-8-6-13(19)9(2)14(16(8)21-3)15(20)11-7-10(17)4-5-12(11)18/h4-7,15H,20H2,1-3H3. The zero-order valence-electron chi connectivity index (χ0n) is 12.0. The van der Waals surface area contributed by atoms with Crippen LogP contribution in [0, 0.1) is 13.8 Å². The molecule has 0 saturated carbocycles. The summed E-state index contributed by atoms with van der Waals surface area (Å²) < 4.78 is 8.62. The van der Waals surface area contributed by atoms with Crippen LogP contribution in [0.2, 0.25) is 0 Å². The van der Waals surface area contributed by atoms with E-state index in [1.165, 1.54) is 0 Å². The smallest absolute Gasteiger partial charge is 0.127 e. The second kappa shape index (κ2) is 6.82. The van der Waals surface area contributed by atoms with E-state index in [1.807, 2.05) is 32.0 Å². The highest BCUT2D eigenvalue weighted by Gasteiger charge is 2.22. The summed E-state index contributed by atoms with van der Waals surface area (Å²) in [5.74, 6) is 0.843. The van der Waals surface area contributed by atoms with Crippen LogP contribution >= 0.6 is 47.8 Å². The average molecular weight is 478 g/mol. The highest BCUT2D eigenvalue weighted by molar-refractivity contribution is 9.11. The number of nitrogens with two attached hydrogens (primary N) is 1. The lowest BCUT2D eigenvalue weighted by Gasteiger charge is -2.22. The molecule has 112 valence electrons. The minimum absolute atomic E-state index is 0.275. The maximum absolute atomic E-state index is 6.55. The first-order chi connectivity index (χ1) is 9.86. The fourth-order valence-electron chi connectivity index (χ4n) is 2.43. The quantitative estimate of drug-likeness (QED) is 0.620. The minimum Gasteiger partial charge on any atom is -0.496 e. The zero-order valence-corrected chi connectivity index (χ0v) is 16.8. The number of rotatable bonds is 3. The average Bonchev–Trinajstić information content (AvgIpc) is 2.44. The first kappa shape index (κ1) is 17.0. The molecule has 1 atom stereocenters. The van der Waals surface area contributed by atoms with E-state index in [1.54, 1.807) is 7.11 Å². The van der Waals surface area contributed by atoms with Crippen LogP contribution in [0.3, 0.4) is 0 Å². The van der Waals surface area contributed by atoms with Gasteiger partial charge < -0.3 is 10.5 Å². The molecule has 2 rings (SSSR count). The maximum Gasteiger partial charge on any atom is 0.127 e. The highest BCUT2D eigenvalue weighted by atomic mass is 79.9. The van der Waals surface area contributed by atoms with Gasteiger partial charge in [-0.25, -0.2) is 0 Å². The molecule has 0 radical (unpaired) electrons. The van der Waals surface area contributed by atoms with E-state index in [9.17, 15) is 0 Å². The van der Waals surface area contributed by atoms with E-state index >= 15 is 0 Å². The Morgan fingerprint density at radius 1 is 1.05 bits per heavy atom. The molecular weight excluding hydrogens is 462 g/mol. The van der Waals surface area contributed by atoms with Gasteiger partial charge in [-0.3, -0.25) is 0 Å². The van der Waals surface area contributed by atoms with Crippen LogP contribution in [0.1, 0.15) is 28.3 Å². The first-order valence-corrected chi connectivity index (χ1v) is 8.78. The summed E-state index contributed by atoms with van der Waals surface area (Å²) >= 11 is 10.7. The van der Waals surface area contributed by atoms with Gasteiger partial charge in [0.05, 0.1) is 13.2 Å². The molecule has 0 bridgehead atoms. The lowest BCUT2D eigenvalue weighted by Crippen LogP contribution is -2.16. The zero-order chi connectivity index (χ0) is 15.7. The molecule has 0 aliphatic carbocycles. The third kappa shape index (κ3) is 3.36. The van der Waals surface area contributed by atoms with Crippen LogP contribution in [0.4, 0.5) is 0 Å². The summed E-state index contributed by atoms with van der Waals surface area (Å²) in [6, 6.07) is 7.79. The number of aryl methyl sites for hydroxylation is 1. The fourth-order valence-corrected chi connectivity index (χ4v) is 3.86. The second-order valence-corrected chi connectivity index (χ2v) is 7.52. The van der Waals surface area contributed by atoms with Crippen molar-refractivity contribution in [3.63, 3.8) is 0 Å². The third-order valence-electron chi connectivity index (χ3n) is 3.52. The van der Waals surface area contributed by atoms with Crippen LogP contribution in [-0.2, 0) is 0 Å². The Labute approximate surface area is 150 Å². The molecule has 0 aliphatic rings. The van der Waals surface area contributed by atoms with E-state index in [0.717, 1.165) is 41.4 Å². The SMILES string of the molecule is COc1c(C)cc(Br)c(C)c1C(N)c1cc(Br)ccc1Br. The van der Waals surface area contributed by atoms with Crippen molar-refractivity contribution in [2.45, 2.75) is 19.9 Å². The Hall–Kier alpha value is -0.360. The van der Waals surface area contributed by atoms with Crippen molar-refractivity contribution in [2.24, 2.45) is 5.73 Å². The summed E-state index contributed by atoms with van der Waals surface area (Å²) in [7, 11) is 1.68. The van der Waals surface area contributed by atoms with Crippen LogP contribution in [0.15, 0.2) is 37.7 Å². The van der Waals surface area contributed by atoms with Crippen molar-refractivity contribution in [1.29, 1.82) is 0 Å². The number of hydrogen-bond donors (Lipinski definition) is 1. The molecule has 5 heteroatoms. The Kier molecular flexibility index (Phi) is 5.52.